The van der Waals surface area contributed by atoms with Gasteiger partial charge in [0.15, 0.2) is 0 Å². The van der Waals surface area contributed by atoms with Gasteiger partial charge in [0.25, 0.3) is 0 Å². The summed E-state index contributed by atoms with van der Waals surface area (Å²) in [5.74, 6) is 0. The van der Waals surface area contributed by atoms with Crippen molar-refractivity contribution < 1.29 is 8.42 Å². The number of nitrogens with zero attached hydrogens (tertiary/aromatic N) is 2. The van der Waals surface area contributed by atoms with Crippen molar-refractivity contribution in [1.82, 2.24) is 9.78 Å². The minimum atomic E-state index is -3.50. The third kappa shape index (κ3) is 3.09. The first-order valence-electron chi connectivity index (χ1n) is 7.00. The van der Waals surface area contributed by atoms with E-state index in [-0.39, 0.29) is 9.79 Å². The second-order valence-corrected chi connectivity index (χ2v) is 8.14. The zero-order chi connectivity index (χ0) is 16.6. The third-order valence-corrected chi connectivity index (χ3v) is 5.90. The number of aromatic nitrogens is 2. The first-order chi connectivity index (χ1) is 10.9. The Morgan fingerprint density at radius 1 is 0.957 bits per heavy atom. The molecule has 1 heterocycles. The van der Waals surface area contributed by atoms with Gasteiger partial charge in [-0.25, -0.2) is 8.42 Å². The average molecular weight is 391 g/mol. The molecule has 23 heavy (non-hydrogen) atoms. The lowest BCUT2D eigenvalue weighted by atomic mass is 10.1. The topological polar surface area (TPSA) is 52.0 Å². The van der Waals surface area contributed by atoms with E-state index in [1.54, 1.807) is 41.1 Å². The maximum atomic E-state index is 12.6. The highest BCUT2D eigenvalue weighted by Gasteiger charge is 2.17. The number of hydrogen-bond donors (Lipinski definition) is 0. The quantitative estimate of drug-likeness (QED) is 0.679. The van der Waals surface area contributed by atoms with E-state index in [9.17, 15) is 8.42 Å². The zero-order valence-corrected chi connectivity index (χ0v) is 15.1. The van der Waals surface area contributed by atoms with Gasteiger partial charge in [0, 0.05) is 11.5 Å². The molecule has 0 aliphatic heterocycles. The van der Waals surface area contributed by atoms with Gasteiger partial charge in [-0.15, -0.1) is 0 Å². The van der Waals surface area contributed by atoms with Gasteiger partial charge in [-0.3, -0.25) is 4.68 Å². The van der Waals surface area contributed by atoms with Crippen molar-refractivity contribution in [3.05, 3.63) is 64.8 Å². The Labute approximate surface area is 143 Å². The van der Waals surface area contributed by atoms with Crippen LogP contribution in [0.3, 0.4) is 0 Å². The van der Waals surface area contributed by atoms with Crippen LogP contribution in [0.5, 0.6) is 0 Å². The van der Waals surface area contributed by atoms with Crippen molar-refractivity contribution in [2.24, 2.45) is 7.05 Å². The molecule has 0 fully saturated rings. The largest absolute Gasteiger partial charge is 0.268 e. The third-order valence-electron chi connectivity index (χ3n) is 3.59. The molecule has 0 saturated carbocycles. The van der Waals surface area contributed by atoms with E-state index in [1.165, 1.54) is 0 Å². The molecule has 0 aliphatic rings. The molecule has 0 bridgehead atoms. The molecule has 0 unspecified atom stereocenters. The van der Waals surface area contributed by atoms with Crippen molar-refractivity contribution >= 4 is 25.8 Å². The zero-order valence-electron chi connectivity index (χ0n) is 12.7. The second kappa shape index (κ2) is 5.94. The smallest absolute Gasteiger partial charge is 0.206 e. The standard InChI is InChI=1S/C17H15BrN2O2S/c1-12-11-17(20(2)19-12)13-3-7-15(8-4-13)23(21,22)16-9-5-14(18)6-10-16/h3-11H,1-2H3. The van der Waals surface area contributed by atoms with Crippen molar-refractivity contribution in [3.8, 4) is 11.3 Å². The Kier molecular flexibility index (Phi) is 4.12. The minimum Gasteiger partial charge on any atom is -0.268 e. The number of rotatable bonds is 3. The maximum absolute atomic E-state index is 12.6. The van der Waals surface area contributed by atoms with E-state index >= 15 is 0 Å². The summed E-state index contributed by atoms with van der Waals surface area (Å²) in [6.45, 7) is 1.93. The van der Waals surface area contributed by atoms with Crippen LogP contribution in [0.15, 0.2) is 68.9 Å². The van der Waals surface area contributed by atoms with Crippen LogP contribution in [-0.4, -0.2) is 18.2 Å². The molecule has 6 heteroatoms. The van der Waals surface area contributed by atoms with Gasteiger partial charge >= 0.3 is 0 Å². The molecule has 0 atom stereocenters. The Bertz CT molecular complexity index is 943. The van der Waals surface area contributed by atoms with Gasteiger partial charge in [0.2, 0.25) is 9.84 Å². The summed E-state index contributed by atoms with van der Waals surface area (Å²) in [4.78, 5) is 0.562. The van der Waals surface area contributed by atoms with Crippen LogP contribution in [0, 0.1) is 6.92 Å². The van der Waals surface area contributed by atoms with Crippen molar-refractivity contribution in [3.63, 3.8) is 0 Å². The number of hydrogen-bond acceptors (Lipinski definition) is 3. The Balaban J connectivity index is 1.99. The van der Waals surface area contributed by atoms with Crippen molar-refractivity contribution in [1.29, 1.82) is 0 Å². The fourth-order valence-corrected chi connectivity index (χ4v) is 3.96. The Morgan fingerprint density at radius 3 is 1.96 bits per heavy atom. The Morgan fingerprint density at radius 2 is 1.48 bits per heavy atom. The van der Waals surface area contributed by atoms with Gasteiger partial charge in [-0.1, -0.05) is 28.1 Å². The highest BCUT2D eigenvalue weighted by atomic mass is 79.9. The summed E-state index contributed by atoms with van der Waals surface area (Å²) in [7, 11) is -1.63. The highest BCUT2D eigenvalue weighted by Crippen LogP contribution is 2.26. The van der Waals surface area contributed by atoms with E-state index in [0.29, 0.717) is 0 Å². The Hall–Kier alpha value is -1.92. The molecule has 0 spiro atoms. The number of aryl methyl sites for hydroxylation is 2. The molecular formula is C17H15BrN2O2S. The van der Waals surface area contributed by atoms with E-state index < -0.39 is 9.84 Å². The number of sulfone groups is 1. The molecule has 0 aliphatic carbocycles. The van der Waals surface area contributed by atoms with Gasteiger partial charge in [-0.2, -0.15) is 5.10 Å². The lowest BCUT2D eigenvalue weighted by molar-refractivity contribution is 0.596. The molecular weight excluding hydrogens is 376 g/mol. The van der Waals surface area contributed by atoms with Crippen molar-refractivity contribution in [2.75, 3.05) is 0 Å². The molecule has 0 N–H and O–H groups in total. The first kappa shape index (κ1) is 16.0. The predicted octanol–water partition coefficient (Wildman–Crippen LogP) is 3.99. The SMILES string of the molecule is Cc1cc(-c2ccc(S(=O)(=O)c3ccc(Br)cc3)cc2)n(C)n1. The van der Waals surface area contributed by atoms with Crippen LogP contribution in [0.25, 0.3) is 11.3 Å². The molecule has 4 nitrogen and oxygen atoms in total. The molecule has 1 aromatic heterocycles. The normalized spacial score (nSPS) is 11.6. The summed E-state index contributed by atoms with van der Waals surface area (Å²) in [5, 5.41) is 4.31. The summed E-state index contributed by atoms with van der Waals surface area (Å²) in [6.07, 6.45) is 0. The molecule has 0 amide bonds. The van der Waals surface area contributed by atoms with Crippen LogP contribution in [-0.2, 0) is 16.9 Å². The monoisotopic (exact) mass is 390 g/mol. The van der Waals surface area contributed by atoms with E-state index in [1.807, 2.05) is 32.2 Å². The van der Waals surface area contributed by atoms with E-state index in [2.05, 4.69) is 21.0 Å². The number of halogens is 1. The second-order valence-electron chi connectivity index (χ2n) is 5.28. The van der Waals surface area contributed by atoms with Gasteiger partial charge in [0.05, 0.1) is 21.2 Å². The fraction of sp³-hybridized carbons (Fsp3) is 0.118. The summed E-state index contributed by atoms with van der Waals surface area (Å²) >= 11 is 3.31. The lowest BCUT2D eigenvalue weighted by Gasteiger charge is -2.07. The van der Waals surface area contributed by atoms with Gasteiger partial charge < -0.3 is 0 Å². The van der Waals surface area contributed by atoms with Gasteiger partial charge in [-0.05, 0) is 55.0 Å². The minimum absolute atomic E-state index is 0.280. The lowest BCUT2D eigenvalue weighted by Crippen LogP contribution is -2.02. The molecule has 0 radical (unpaired) electrons. The van der Waals surface area contributed by atoms with Crippen LogP contribution in [0.1, 0.15) is 5.69 Å². The summed E-state index contributed by atoms with van der Waals surface area (Å²) in [5.41, 5.74) is 2.81. The van der Waals surface area contributed by atoms with Crippen LogP contribution in [0.4, 0.5) is 0 Å². The maximum Gasteiger partial charge on any atom is 0.206 e. The molecule has 2 aromatic carbocycles. The molecule has 0 saturated heterocycles. The number of benzene rings is 2. The van der Waals surface area contributed by atoms with Crippen molar-refractivity contribution in [2.45, 2.75) is 16.7 Å². The van der Waals surface area contributed by atoms with Crippen LogP contribution in [0.2, 0.25) is 0 Å². The molecule has 3 aromatic rings. The highest BCUT2D eigenvalue weighted by molar-refractivity contribution is 9.10. The average Bonchev–Trinajstić information content (AvgIpc) is 2.86. The van der Waals surface area contributed by atoms with E-state index in [4.69, 9.17) is 0 Å². The molecule has 118 valence electrons. The first-order valence-corrected chi connectivity index (χ1v) is 9.27. The molecule has 3 rings (SSSR count). The van der Waals surface area contributed by atoms with Crippen LogP contribution < -0.4 is 0 Å². The van der Waals surface area contributed by atoms with E-state index in [0.717, 1.165) is 21.4 Å². The summed E-state index contributed by atoms with van der Waals surface area (Å²) in [6, 6.07) is 15.5. The van der Waals surface area contributed by atoms with Gasteiger partial charge in [0.1, 0.15) is 0 Å². The predicted molar refractivity (Wildman–Crippen MR) is 93.0 cm³/mol. The van der Waals surface area contributed by atoms with Crippen LogP contribution >= 0.6 is 15.9 Å². The fourth-order valence-electron chi connectivity index (χ4n) is 2.44. The summed E-state index contributed by atoms with van der Waals surface area (Å²) < 4.78 is 27.9.